The van der Waals surface area contributed by atoms with E-state index < -0.39 is 0 Å². The van der Waals surface area contributed by atoms with Gasteiger partial charge in [0.05, 0.1) is 4.88 Å². The highest BCUT2D eigenvalue weighted by Crippen LogP contribution is 2.27. The molecular formula is C18H14N2O3S. The molecule has 5 nitrogen and oxygen atoms in total. The molecule has 0 saturated carbocycles. The summed E-state index contributed by atoms with van der Waals surface area (Å²) in [6.07, 6.45) is 0. The third kappa shape index (κ3) is 2.96. The molecule has 4 aromatic rings. The van der Waals surface area contributed by atoms with Gasteiger partial charge in [-0.15, -0.1) is 11.3 Å². The van der Waals surface area contributed by atoms with Gasteiger partial charge in [-0.3, -0.25) is 0 Å². The zero-order chi connectivity index (χ0) is 16.4. The molecule has 0 saturated heterocycles. The first-order valence-corrected chi connectivity index (χ1v) is 8.32. The summed E-state index contributed by atoms with van der Waals surface area (Å²) in [5.41, 5.74) is 1.08. The molecule has 4 rings (SSSR count). The Morgan fingerprint density at radius 2 is 2.00 bits per heavy atom. The summed E-state index contributed by atoms with van der Waals surface area (Å²) in [5.74, 6) is 3.00. The summed E-state index contributed by atoms with van der Waals surface area (Å²) >= 11 is 1.56. The highest BCUT2D eigenvalue weighted by atomic mass is 32.1. The highest BCUT2D eigenvalue weighted by Gasteiger charge is 2.15. The molecule has 0 atom stereocenters. The van der Waals surface area contributed by atoms with Crippen LogP contribution in [0.2, 0.25) is 0 Å². The Balaban J connectivity index is 1.48. The van der Waals surface area contributed by atoms with E-state index >= 15 is 0 Å². The lowest BCUT2D eigenvalue weighted by Gasteiger charge is -2.06. The van der Waals surface area contributed by atoms with Crippen molar-refractivity contribution in [3.05, 3.63) is 65.2 Å². The summed E-state index contributed by atoms with van der Waals surface area (Å²) in [5, 5.41) is 5.95. The van der Waals surface area contributed by atoms with Gasteiger partial charge in [-0.25, -0.2) is 0 Å². The second kappa shape index (κ2) is 6.33. The van der Waals surface area contributed by atoms with Gasteiger partial charge in [-0.1, -0.05) is 29.4 Å². The van der Waals surface area contributed by atoms with Gasteiger partial charge >= 0.3 is 0 Å². The monoisotopic (exact) mass is 338 g/mol. The fourth-order valence-electron chi connectivity index (χ4n) is 2.27. The van der Waals surface area contributed by atoms with Gasteiger partial charge in [-0.05, 0) is 42.1 Å². The zero-order valence-corrected chi connectivity index (χ0v) is 13.7. The van der Waals surface area contributed by atoms with E-state index in [1.807, 2.05) is 60.8 Å². The van der Waals surface area contributed by atoms with Gasteiger partial charge in [0.2, 0.25) is 5.82 Å². The summed E-state index contributed by atoms with van der Waals surface area (Å²) in [6.45, 7) is 2.35. The fourth-order valence-corrected chi connectivity index (χ4v) is 2.92. The standard InChI is InChI=1S/C18H14N2O3S/c1-12-5-2-3-6-14(12)21-11-13-8-9-15(22-13)18-19-17(20-23-18)16-7-4-10-24-16/h2-10H,11H2,1H3. The molecule has 3 aromatic heterocycles. The predicted octanol–water partition coefficient (Wildman–Crippen LogP) is 4.95. The van der Waals surface area contributed by atoms with Crippen molar-refractivity contribution in [3.8, 4) is 28.1 Å². The van der Waals surface area contributed by atoms with Crippen LogP contribution >= 0.6 is 11.3 Å². The lowest BCUT2D eigenvalue weighted by atomic mass is 10.2. The van der Waals surface area contributed by atoms with Gasteiger partial charge in [0.25, 0.3) is 5.89 Å². The second-order valence-electron chi connectivity index (χ2n) is 5.22. The minimum atomic E-state index is 0.344. The number of aryl methyl sites for hydroxylation is 1. The van der Waals surface area contributed by atoms with Gasteiger partial charge in [0.15, 0.2) is 5.76 Å². The Hall–Kier alpha value is -2.86. The lowest BCUT2D eigenvalue weighted by Crippen LogP contribution is -1.95. The molecule has 120 valence electrons. The summed E-state index contributed by atoms with van der Waals surface area (Å²) in [4.78, 5) is 5.32. The number of furan rings is 1. The van der Waals surface area contributed by atoms with Crippen molar-refractivity contribution in [1.29, 1.82) is 0 Å². The van der Waals surface area contributed by atoms with Crippen LogP contribution in [0.5, 0.6) is 5.75 Å². The molecule has 0 aliphatic carbocycles. The molecule has 3 heterocycles. The third-order valence-corrected chi connectivity index (χ3v) is 4.37. The molecule has 0 aliphatic rings. The third-order valence-electron chi connectivity index (χ3n) is 3.50. The first-order chi connectivity index (χ1) is 11.8. The minimum Gasteiger partial charge on any atom is -0.485 e. The number of thiophene rings is 1. The van der Waals surface area contributed by atoms with E-state index in [0.29, 0.717) is 29.8 Å². The number of aromatic nitrogens is 2. The first kappa shape index (κ1) is 14.7. The molecule has 24 heavy (non-hydrogen) atoms. The van der Waals surface area contributed by atoms with Gasteiger partial charge in [0, 0.05) is 0 Å². The summed E-state index contributed by atoms with van der Waals surface area (Å²) in [6, 6.07) is 15.4. The molecule has 0 bridgehead atoms. The smallest absolute Gasteiger partial charge is 0.293 e. The van der Waals surface area contributed by atoms with Crippen molar-refractivity contribution in [2.24, 2.45) is 0 Å². The molecule has 0 unspecified atom stereocenters. The Morgan fingerprint density at radius 1 is 1.08 bits per heavy atom. The highest BCUT2D eigenvalue weighted by molar-refractivity contribution is 7.13. The molecule has 0 N–H and O–H groups in total. The van der Waals surface area contributed by atoms with Crippen molar-refractivity contribution in [2.45, 2.75) is 13.5 Å². The van der Waals surface area contributed by atoms with E-state index in [2.05, 4.69) is 10.1 Å². The number of rotatable bonds is 5. The lowest BCUT2D eigenvalue weighted by molar-refractivity contribution is 0.269. The van der Waals surface area contributed by atoms with Crippen LogP contribution in [-0.4, -0.2) is 10.1 Å². The molecule has 0 aliphatic heterocycles. The molecule has 0 radical (unpaired) electrons. The van der Waals surface area contributed by atoms with Crippen molar-refractivity contribution in [1.82, 2.24) is 10.1 Å². The van der Waals surface area contributed by atoms with E-state index in [-0.39, 0.29) is 0 Å². The van der Waals surface area contributed by atoms with Crippen LogP contribution in [0.3, 0.4) is 0 Å². The van der Waals surface area contributed by atoms with Gasteiger partial charge in [0.1, 0.15) is 18.1 Å². The first-order valence-electron chi connectivity index (χ1n) is 7.45. The largest absolute Gasteiger partial charge is 0.485 e. The molecule has 1 aromatic carbocycles. The van der Waals surface area contributed by atoms with Gasteiger partial charge in [-0.2, -0.15) is 4.98 Å². The second-order valence-corrected chi connectivity index (χ2v) is 6.17. The maximum Gasteiger partial charge on any atom is 0.293 e. The maximum atomic E-state index is 5.78. The number of para-hydroxylation sites is 1. The topological polar surface area (TPSA) is 61.3 Å². The van der Waals surface area contributed by atoms with Crippen molar-refractivity contribution in [3.63, 3.8) is 0 Å². The van der Waals surface area contributed by atoms with E-state index in [0.717, 1.165) is 16.2 Å². The Morgan fingerprint density at radius 3 is 2.83 bits per heavy atom. The number of ether oxygens (including phenoxy) is 1. The average Bonchev–Trinajstić information content (AvgIpc) is 3.33. The van der Waals surface area contributed by atoms with Crippen LogP contribution in [0, 0.1) is 6.92 Å². The van der Waals surface area contributed by atoms with E-state index in [1.165, 1.54) is 0 Å². The number of hydrogen-bond donors (Lipinski definition) is 0. The number of hydrogen-bond acceptors (Lipinski definition) is 6. The van der Waals surface area contributed by atoms with Crippen LogP contribution in [0.15, 0.2) is 62.9 Å². The SMILES string of the molecule is Cc1ccccc1OCc1ccc(-c2nc(-c3cccs3)no2)o1. The fraction of sp³-hybridized carbons (Fsp3) is 0.111. The molecule has 0 fully saturated rings. The van der Waals surface area contributed by atoms with Crippen LogP contribution in [-0.2, 0) is 6.61 Å². The Bertz CT molecular complexity index is 941. The number of nitrogens with zero attached hydrogens (tertiary/aromatic N) is 2. The van der Waals surface area contributed by atoms with Crippen molar-refractivity contribution in [2.75, 3.05) is 0 Å². The average molecular weight is 338 g/mol. The minimum absolute atomic E-state index is 0.344. The number of benzene rings is 1. The Kier molecular flexibility index (Phi) is 3.88. The van der Waals surface area contributed by atoms with Crippen LogP contribution < -0.4 is 4.74 Å². The van der Waals surface area contributed by atoms with Crippen LogP contribution in [0.1, 0.15) is 11.3 Å². The van der Waals surface area contributed by atoms with Crippen LogP contribution in [0.4, 0.5) is 0 Å². The maximum absolute atomic E-state index is 5.78. The molecule has 6 heteroatoms. The van der Waals surface area contributed by atoms with Crippen molar-refractivity contribution >= 4 is 11.3 Å². The summed E-state index contributed by atoms with van der Waals surface area (Å²) in [7, 11) is 0. The Labute approximate surface area is 142 Å². The van der Waals surface area contributed by atoms with Crippen molar-refractivity contribution < 1.29 is 13.7 Å². The predicted molar refractivity (Wildman–Crippen MR) is 90.8 cm³/mol. The van der Waals surface area contributed by atoms with Gasteiger partial charge < -0.3 is 13.7 Å². The molecule has 0 amide bonds. The molecular weight excluding hydrogens is 324 g/mol. The zero-order valence-electron chi connectivity index (χ0n) is 12.9. The van der Waals surface area contributed by atoms with E-state index in [9.17, 15) is 0 Å². The molecule has 0 spiro atoms. The van der Waals surface area contributed by atoms with Crippen LogP contribution in [0.25, 0.3) is 22.4 Å². The van der Waals surface area contributed by atoms with E-state index in [4.69, 9.17) is 13.7 Å². The quantitative estimate of drug-likeness (QED) is 0.515. The van der Waals surface area contributed by atoms with E-state index in [1.54, 1.807) is 11.3 Å². The normalized spacial score (nSPS) is 10.9. The summed E-state index contributed by atoms with van der Waals surface area (Å²) < 4.78 is 16.8.